The van der Waals surface area contributed by atoms with Crippen molar-refractivity contribution >= 4 is 0 Å². The Hall–Kier alpha value is -0.820. The largest absolute Gasteiger partial charge is 0.330 e. The molecule has 1 nitrogen and oxygen atoms in total. The molecule has 2 atom stereocenters. The highest BCUT2D eigenvalue weighted by Crippen LogP contribution is 2.63. The van der Waals surface area contributed by atoms with Gasteiger partial charge in [0.25, 0.3) is 0 Å². The summed E-state index contributed by atoms with van der Waals surface area (Å²) in [6.45, 7) is 10.0. The zero-order valence-electron chi connectivity index (χ0n) is 11.5. The van der Waals surface area contributed by atoms with E-state index in [0.717, 1.165) is 12.5 Å². The lowest BCUT2D eigenvalue weighted by Crippen LogP contribution is -2.05. The first-order valence-electron chi connectivity index (χ1n) is 6.75. The van der Waals surface area contributed by atoms with Crippen molar-refractivity contribution in [1.29, 1.82) is 0 Å². The smallest absolute Gasteiger partial charge is 0.00375 e. The molecule has 0 aliphatic heterocycles. The Balaban J connectivity index is 2.09. The van der Waals surface area contributed by atoms with Crippen molar-refractivity contribution in [2.24, 2.45) is 23.0 Å². The summed E-state index contributed by atoms with van der Waals surface area (Å²) in [5.41, 5.74) is 9.15. The lowest BCUT2D eigenvalue weighted by molar-refractivity contribution is 0.558. The van der Waals surface area contributed by atoms with E-state index in [9.17, 15) is 0 Å². The highest BCUT2D eigenvalue weighted by molar-refractivity contribution is 5.34. The molecule has 0 spiro atoms. The van der Waals surface area contributed by atoms with Gasteiger partial charge in [-0.1, -0.05) is 52.0 Å². The molecule has 17 heavy (non-hydrogen) atoms. The third-order valence-electron chi connectivity index (χ3n) is 4.29. The van der Waals surface area contributed by atoms with E-state index in [-0.39, 0.29) is 0 Å². The van der Waals surface area contributed by atoms with Crippen LogP contribution >= 0.6 is 0 Å². The normalized spacial score (nSPS) is 26.2. The minimum atomic E-state index is 0.397. The highest BCUT2D eigenvalue weighted by Gasteiger charge is 2.56. The molecule has 1 aromatic rings. The van der Waals surface area contributed by atoms with Crippen LogP contribution in [0.3, 0.4) is 0 Å². The molecule has 0 bridgehead atoms. The van der Waals surface area contributed by atoms with Gasteiger partial charge in [0.2, 0.25) is 0 Å². The van der Waals surface area contributed by atoms with Gasteiger partial charge in [-0.2, -0.15) is 0 Å². The van der Waals surface area contributed by atoms with Crippen LogP contribution in [0.15, 0.2) is 24.3 Å². The molecule has 2 N–H and O–H groups in total. The predicted molar refractivity (Wildman–Crippen MR) is 74.1 cm³/mol. The zero-order chi connectivity index (χ0) is 12.6. The van der Waals surface area contributed by atoms with Crippen molar-refractivity contribution in [3.8, 4) is 0 Å². The average Bonchev–Trinajstić information content (AvgIpc) is 2.81. The molecule has 0 radical (unpaired) electrons. The van der Waals surface area contributed by atoms with Crippen molar-refractivity contribution in [1.82, 2.24) is 0 Å². The van der Waals surface area contributed by atoms with Gasteiger partial charge in [-0.15, -0.1) is 0 Å². The standard InChI is InChI=1S/C16H25N/c1-11(2)9-12-5-7-13(8-6-12)15-14(10-17)16(15,3)4/h5-8,11,14-15H,9-10,17H2,1-4H3/t14-,15-/m0/s1. The maximum atomic E-state index is 5.83. The van der Waals surface area contributed by atoms with Crippen LogP contribution in [-0.4, -0.2) is 6.54 Å². The second kappa shape index (κ2) is 4.45. The van der Waals surface area contributed by atoms with Gasteiger partial charge in [0.05, 0.1) is 0 Å². The summed E-state index contributed by atoms with van der Waals surface area (Å²) in [6, 6.07) is 9.19. The highest BCUT2D eigenvalue weighted by atomic mass is 14.7. The third kappa shape index (κ3) is 2.40. The molecule has 1 aromatic carbocycles. The van der Waals surface area contributed by atoms with Crippen LogP contribution in [0.5, 0.6) is 0 Å². The Morgan fingerprint density at radius 2 is 1.76 bits per heavy atom. The summed E-state index contributed by atoms with van der Waals surface area (Å²) in [6.07, 6.45) is 1.18. The topological polar surface area (TPSA) is 26.0 Å². The fourth-order valence-corrected chi connectivity index (χ4v) is 3.18. The molecular weight excluding hydrogens is 206 g/mol. The maximum Gasteiger partial charge on any atom is -0.00375 e. The summed E-state index contributed by atoms with van der Waals surface area (Å²) in [7, 11) is 0. The first kappa shape index (κ1) is 12.6. The minimum Gasteiger partial charge on any atom is -0.330 e. The van der Waals surface area contributed by atoms with E-state index in [0.29, 0.717) is 17.3 Å². The first-order chi connectivity index (χ1) is 7.96. The zero-order valence-corrected chi connectivity index (χ0v) is 11.5. The monoisotopic (exact) mass is 231 g/mol. The van der Waals surface area contributed by atoms with Gasteiger partial charge < -0.3 is 5.73 Å². The molecule has 0 amide bonds. The Morgan fingerprint density at radius 3 is 2.18 bits per heavy atom. The number of benzene rings is 1. The van der Waals surface area contributed by atoms with Gasteiger partial charge in [0.15, 0.2) is 0 Å². The third-order valence-corrected chi connectivity index (χ3v) is 4.29. The summed E-state index contributed by atoms with van der Waals surface area (Å²) >= 11 is 0. The summed E-state index contributed by atoms with van der Waals surface area (Å²) in [5, 5.41) is 0. The summed E-state index contributed by atoms with van der Waals surface area (Å²) in [4.78, 5) is 0. The SMILES string of the molecule is CC(C)Cc1ccc([C@H]2[C@H](CN)C2(C)C)cc1. The van der Waals surface area contributed by atoms with Crippen LogP contribution in [0.4, 0.5) is 0 Å². The quantitative estimate of drug-likeness (QED) is 0.842. The Morgan fingerprint density at radius 1 is 1.18 bits per heavy atom. The maximum absolute atomic E-state index is 5.83. The van der Waals surface area contributed by atoms with Crippen LogP contribution in [0, 0.1) is 17.3 Å². The van der Waals surface area contributed by atoms with E-state index in [4.69, 9.17) is 5.73 Å². The van der Waals surface area contributed by atoms with Crippen LogP contribution in [0.25, 0.3) is 0 Å². The van der Waals surface area contributed by atoms with Crippen molar-refractivity contribution < 1.29 is 0 Å². The number of nitrogens with two attached hydrogens (primary N) is 1. The molecule has 1 fully saturated rings. The van der Waals surface area contributed by atoms with E-state index >= 15 is 0 Å². The Bertz CT molecular complexity index is 375. The van der Waals surface area contributed by atoms with Gasteiger partial charge in [-0.25, -0.2) is 0 Å². The van der Waals surface area contributed by atoms with Gasteiger partial charge in [-0.05, 0) is 47.3 Å². The summed E-state index contributed by atoms with van der Waals surface area (Å²) < 4.78 is 0. The van der Waals surface area contributed by atoms with Crippen LogP contribution in [0.1, 0.15) is 44.7 Å². The molecule has 94 valence electrons. The molecule has 2 rings (SSSR count). The lowest BCUT2D eigenvalue weighted by atomic mass is 9.98. The predicted octanol–water partition coefficient (Wildman–Crippen LogP) is 3.58. The van der Waals surface area contributed by atoms with E-state index < -0.39 is 0 Å². The molecule has 0 unspecified atom stereocenters. The number of hydrogen-bond acceptors (Lipinski definition) is 1. The second-order valence-electron chi connectivity index (χ2n) is 6.48. The lowest BCUT2D eigenvalue weighted by Gasteiger charge is -2.07. The van der Waals surface area contributed by atoms with Crippen LogP contribution in [0.2, 0.25) is 0 Å². The average molecular weight is 231 g/mol. The summed E-state index contributed by atoms with van der Waals surface area (Å²) in [5.74, 6) is 2.06. The molecule has 1 heteroatoms. The molecule has 1 aliphatic carbocycles. The van der Waals surface area contributed by atoms with Gasteiger partial charge in [0, 0.05) is 0 Å². The van der Waals surface area contributed by atoms with Crippen LogP contribution < -0.4 is 5.73 Å². The molecule has 0 aromatic heterocycles. The Kier molecular flexibility index (Phi) is 3.31. The van der Waals surface area contributed by atoms with Crippen molar-refractivity contribution in [3.05, 3.63) is 35.4 Å². The molecule has 0 heterocycles. The van der Waals surface area contributed by atoms with E-state index in [1.807, 2.05) is 0 Å². The second-order valence-corrected chi connectivity index (χ2v) is 6.48. The first-order valence-corrected chi connectivity index (χ1v) is 6.75. The molecule has 1 aliphatic rings. The molecular formula is C16H25N. The van der Waals surface area contributed by atoms with E-state index in [1.54, 1.807) is 0 Å². The molecule has 1 saturated carbocycles. The molecule has 0 saturated heterocycles. The van der Waals surface area contributed by atoms with E-state index in [2.05, 4.69) is 52.0 Å². The minimum absolute atomic E-state index is 0.397. The number of hydrogen-bond donors (Lipinski definition) is 1. The van der Waals surface area contributed by atoms with Crippen molar-refractivity contribution in [3.63, 3.8) is 0 Å². The van der Waals surface area contributed by atoms with E-state index in [1.165, 1.54) is 17.5 Å². The van der Waals surface area contributed by atoms with Gasteiger partial charge in [-0.3, -0.25) is 0 Å². The van der Waals surface area contributed by atoms with Gasteiger partial charge in [0.1, 0.15) is 0 Å². The van der Waals surface area contributed by atoms with Crippen LogP contribution in [-0.2, 0) is 6.42 Å². The van der Waals surface area contributed by atoms with Crippen molar-refractivity contribution in [2.45, 2.75) is 40.0 Å². The Labute approximate surface area is 105 Å². The fourth-order valence-electron chi connectivity index (χ4n) is 3.18. The fraction of sp³-hybridized carbons (Fsp3) is 0.625. The number of rotatable bonds is 4. The van der Waals surface area contributed by atoms with Gasteiger partial charge >= 0.3 is 0 Å². The van der Waals surface area contributed by atoms with Crippen molar-refractivity contribution in [2.75, 3.05) is 6.54 Å².